The van der Waals surface area contributed by atoms with Gasteiger partial charge in [-0.2, -0.15) is 11.3 Å². The molecule has 1 aromatic rings. The van der Waals surface area contributed by atoms with E-state index in [4.69, 9.17) is 5.11 Å². The van der Waals surface area contributed by atoms with Gasteiger partial charge in [0.15, 0.2) is 0 Å². The fraction of sp³-hybridized carbons (Fsp3) is 0.500. The van der Waals surface area contributed by atoms with E-state index in [1.807, 2.05) is 35.8 Å². The molecule has 0 aromatic carbocycles. The molecule has 0 spiro atoms. The second-order valence-electron chi connectivity index (χ2n) is 4.32. The van der Waals surface area contributed by atoms with Gasteiger partial charge in [-0.3, -0.25) is 9.59 Å². The highest BCUT2D eigenvalue weighted by atomic mass is 32.1. The van der Waals surface area contributed by atoms with Crippen molar-refractivity contribution < 1.29 is 14.7 Å². The first-order chi connectivity index (χ1) is 8.49. The molecule has 0 unspecified atom stereocenters. The van der Waals surface area contributed by atoms with Crippen LogP contribution in [-0.2, 0) is 16.0 Å². The van der Waals surface area contributed by atoms with Gasteiger partial charge >= 0.3 is 5.97 Å². The van der Waals surface area contributed by atoms with Crippen LogP contribution in [0.3, 0.4) is 0 Å². The fourth-order valence-electron chi connectivity index (χ4n) is 1.46. The summed E-state index contributed by atoms with van der Waals surface area (Å²) >= 11 is 1.53. The highest BCUT2D eigenvalue weighted by Gasteiger charge is 2.17. The standard InChI is InChI=1S/C12H18N2O3S/c1-13(2)4-5-14(8-12(16)17)11(15)7-10-3-6-18-9-10/h3,6,9H,4-5,7-8H2,1-2H3,(H,16,17). The predicted molar refractivity (Wildman–Crippen MR) is 70.8 cm³/mol. The van der Waals surface area contributed by atoms with Crippen LogP contribution in [0.25, 0.3) is 0 Å². The third kappa shape index (κ3) is 5.29. The lowest BCUT2D eigenvalue weighted by Gasteiger charge is -2.22. The number of aliphatic carboxylic acids is 1. The number of rotatable bonds is 7. The quantitative estimate of drug-likeness (QED) is 0.795. The molecule has 0 aliphatic carbocycles. The minimum absolute atomic E-state index is 0.141. The van der Waals surface area contributed by atoms with E-state index in [0.29, 0.717) is 13.1 Å². The summed E-state index contributed by atoms with van der Waals surface area (Å²) in [6, 6.07) is 1.88. The van der Waals surface area contributed by atoms with Crippen LogP contribution < -0.4 is 0 Å². The zero-order chi connectivity index (χ0) is 13.5. The first-order valence-corrected chi connectivity index (χ1v) is 6.58. The Hall–Kier alpha value is -1.40. The maximum Gasteiger partial charge on any atom is 0.323 e. The summed E-state index contributed by atoms with van der Waals surface area (Å²) in [6.07, 6.45) is 0.268. The molecular formula is C12H18N2O3S. The smallest absolute Gasteiger partial charge is 0.323 e. The third-order valence-electron chi connectivity index (χ3n) is 2.43. The molecule has 100 valence electrons. The van der Waals surface area contributed by atoms with E-state index in [1.165, 1.54) is 16.2 Å². The Bertz CT molecular complexity index is 390. The minimum Gasteiger partial charge on any atom is -0.480 e. The summed E-state index contributed by atoms with van der Waals surface area (Å²) in [5.41, 5.74) is 0.935. The molecule has 0 bridgehead atoms. The number of nitrogens with zero attached hydrogens (tertiary/aromatic N) is 2. The van der Waals surface area contributed by atoms with E-state index in [9.17, 15) is 9.59 Å². The first-order valence-electron chi connectivity index (χ1n) is 5.64. The Labute approximate surface area is 111 Å². The molecule has 18 heavy (non-hydrogen) atoms. The van der Waals surface area contributed by atoms with Crippen LogP contribution in [0.1, 0.15) is 5.56 Å². The van der Waals surface area contributed by atoms with E-state index >= 15 is 0 Å². The number of carbonyl (C=O) groups is 2. The van der Waals surface area contributed by atoms with Gasteiger partial charge < -0.3 is 14.9 Å². The van der Waals surface area contributed by atoms with Crippen molar-refractivity contribution in [1.82, 2.24) is 9.80 Å². The summed E-state index contributed by atoms with van der Waals surface area (Å²) in [6.45, 7) is 0.849. The molecular weight excluding hydrogens is 252 g/mol. The Kier molecular flexibility index (Phi) is 5.80. The van der Waals surface area contributed by atoms with Crippen molar-refractivity contribution in [2.75, 3.05) is 33.7 Å². The molecule has 0 fully saturated rings. The number of hydrogen-bond acceptors (Lipinski definition) is 4. The SMILES string of the molecule is CN(C)CCN(CC(=O)O)C(=O)Cc1ccsc1. The van der Waals surface area contributed by atoms with Crippen molar-refractivity contribution in [3.05, 3.63) is 22.4 Å². The maximum absolute atomic E-state index is 12.0. The zero-order valence-corrected chi connectivity index (χ0v) is 11.4. The largest absolute Gasteiger partial charge is 0.480 e. The van der Waals surface area contributed by atoms with Crippen molar-refractivity contribution in [2.24, 2.45) is 0 Å². The minimum atomic E-state index is -0.979. The highest BCUT2D eigenvalue weighted by Crippen LogP contribution is 2.08. The number of carboxylic acid groups (broad SMARTS) is 1. The van der Waals surface area contributed by atoms with Crippen molar-refractivity contribution in [3.63, 3.8) is 0 Å². The van der Waals surface area contributed by atoms with Gasteiger partial charge in [-0.15, -0.1) is 0 Å². The molecule has 0 aliphatic heterocycles. The number of thiophene rings is 1. The van der Waals surface area contributed by atoms with Gasteiger partial charge in [0, 0.05) is 13.1 Å². The van der Waals surface area contributed by atoms with Crippen LogP contribution in [0.15, 0.2) is 16.8 Å². The number of likely N-dealkylation sites (N-methyl/N-ethyl adjacent to an activating group) is 1. The van der Waals surface area contributed by atoms with E-state index in [2.05, 4.69) is 0 Å². The van der Waals surface area contributed by atoms with Crippen LogP contribution in [-0.4, -0.2) is 60.5 Å². The molecule has 1 heterocycles. The predicted octanol–water partition coefficient (Wildman–Crippen LogP) is 0.765. The topological polar surface area (TPSA) is 60.9 Å². The van der Waals surface area contributed by atoms with Gasteiger partial charge in [0.2, 0.25) is 5.91 Å². The molecule has 5 nitrogen and oxygen atoms in total. The molecule has 1 aromatic heterocycles. The maximum atomic E-state index is 12.0. The lowest BCUT2D eigenvalue weighted by atomic mass is 10.2. The van der Waals surface area contributed by atoms with E-state index in [1.54, 1.807) is 0 Å². The normalized spacial score (nSPS) is 10.6. The van der Waals surface area contributed by atoms with Crippen LogP contribution in [0.5, 0.6) is 0 Å². The Morgan fingerprint density at radius 1 is 1.33 bits per heavy atom. The third-order valence-corrected chi connectivity index (χ3v) is 3.16. The molecule has 0 atom stereocenters. The van der Waals surface area contributed by atoms with Crippen molar-refractivity contribution in [1.29, 1.82) is 0 Å². The molecule has 6 heteroatoms. The van der Waals surface area contributed by atoms with Crippen LogP contribution in [0.2, 0.25) is 0 Å². The average Bonchev–Trinajstić information content (AvgIpc) is 2.76. The van der Waals surface area contributed by atoms with Gasteiger partial charge in [-0.25, -0.2) is 0 Å². The number of hydrogen-bond donors (Lipinski definition) is 1. The number of carbonyl (C=O) groups excluding carboxylic acids is 1. The Morgan fingerprint density at radius 3 is 2.56 bits per heavy atom. The van der Waals surface area contributed by atoms with Gasteiger partial charge in [0.25, 0.3) is 0 Å². The van der Waals surface area contributed by atoms with Crippen LogP contribution in [0, 0.1) is 0 Å². The highest BCUT2D eigenvalue weighted by molar-refractivity contribution is 7.07. The molecule has 1 N–H and O–H groups in total. The first kappa shape index (κ1) is 14.7. The Morgan fingerprint density at radius 2 is 2.06 bits per heavy atom. The van der Waals surface area contributed by atoms with E-state index < -0.39 is 5.97 Å². The summed E-state index contributed by atoms with van der Waals surface area (Å²) in [7, 11) is 3.78. The lowest BCUT2D eigenvalue weighted by Crippen LogP contribution is -2.40. The van der Waals surface area contributed by atoms with Gasteiger partial charge in [-0.1, -0.05) is 0 Å². The van der Waals surface area contributed by atoms with Crippen molar-refractivity contribution in [2.45, 2.75) is 6.42 Å². The average molecular weight is 270 g/mol. The fourth-order valence-corrected chi connectivity index (χ4v) is 2.12. The monoisotopic (exact) mass is 270 g/mol. The molecule has 1 amide bonds. The summed E-state index contributed by atoms with van der Waals surface area (Å²) in [4.78, 5) is 26.1. The van der Waals surface area contributed by atoms with Gasteiger partial charge in [0.05, 0.1) is 6.42 Å². The summed E-state index contributed by atoms with van der Waals surface area (Å²) < 4.78 is 0. The van der Waals surface area contributed by atoms with Gasteiger partial charge in [-0.05, 0) is 36.5 Å². The zero-order valence-electron chi connectivity index (χ0n) is 10.6. The molecule has 0 saturated heterocycles. The number of carboxylic acids is 1. The second kappa shape index (κ2) is 7.13. The summed E-state index contributed by atoms with van der Waals surface area (Å²) in [5.74, 6) is -1.12. The van der Waals surface area contributed by atoms with Crippen molar-refractivity contribution in [3.8, 4) is 0 Å². The second-order valence-corrected chi connectivity index (χ2v) is 5.10. The molecule has 0 aliphatic rings. The molecule has 1 rings (SSSR count). The van der Waals surface area contributed by atoms with Gasteiger partial charge in [0.1, 0.15) is 6.54 Å². The summed E-state index contributed by atoms with van der Waals surface area (Å²) in [5, 5.41) is 12.6. The van der Waals surface area contributed by atoms with E-state index in [-0.39, 0.29) is 18.9 Å². The van der Waals surface area contributed by atoms with Crippen LogP contribution >= 0.6 is 11.3 Å². The molecule has 0 radical (unpaired) electrons. The molecule has 0 saturated carbocycles. The van der Waals surface area contributed by atoms with Crippen molar-refractivity contribution >= 4 is 23.2 Å². The van der Waals surface area contributed by atoms with Crippen LogP contribution in [0.4, 0.5) is 0 Å². The number of amides is 1. The lowest BCUT2D eigenvalue weighted by molar-refractivity contribution is -0.144. The Balaban J connectivity index is 2.57. The van der Waals surface area contributed by atoms with E-state index in [0.717, 1.165) is 5.56 Å².